The number of amides is 1. The molecule has 2 aromatic carbocycles. The number of hydrogen-bond donors (Lipinski definition) is 1. The molecule has 8 heteroatoms. The molecule has 1 amide bonds. The molecule has 0 aromatic heterocycles. The van der Waals surface area contributed by atoms with Gasteiger partial charge in [-0.15, -0.1) is 0 Å². The van der Waals surface area contributed by atoms with E-state index in [1.165, 1.54) is 29.1 Å². The summed E-state index contributed by atoms with van der Waals surface area (Å²) in [6.07, 6.45) is 1.63. The predicted molar refractivity (Wildman–Crippen MR) is 114 cm³/mol. The van der Waals surface area contributed by atoms with E-state index in [1.807, 2.05) is 25.1 Å². The zero-order valence-electron chi connectivity index (χ0n) is 17.3. The van der Waals surface area contributed by atoms with E-state index in [9.17, 15) is 13.2 Å². The van der Waals surface area contributed by atoms with Gasteiger partial charge in [0, 0.05) is 24.7 Å². The van der Waals surface area contributed by atoms with Crippen LogP contribution in [0.4, 0.5) is 0 Å². The highest BCUT2D eigenvalue weighted by Gasteiger charge is 2.30. The number of methoxy groups -OCH3 is 1. The van der Waals surface area contributed by atoms with Crippen molar-refractivity contribution in [3.8, 4) is 5.75 Å². The lowest BCUT2D eigenvalue weighted by Gasteiger charge is -2.26. The third-order valence-electron chi connectivity index (χ3n) is 5.10. The van der Waals surface area contributed by atoms with Gasteiger partial charge < -0.3 is 14.8 Å². The fourth-order valence-corrected chi connectivity index (χ4v) is 4.94. The minimum Gasteiger partial charge on any atom is -0.495 e. The number of rotatable bonds is 8. The molecule has 0 bridgehead atoms. The third-order valence-corrected chi connectivity index (χ3v) is 7.02. The van der Waals surface area contributed by atoms with Gasteiger partial charge in [0.25, 0.3) is 5.91 Å². The predicted octanol–water partition coefficient (Wildman–Crippen LogP) is 2.47. The minimum absolute atomic E-state index is 0.00325. The number of aryl methyl sites for hydroxylation is 1. The van der Waals surface area contributed by atoms with Crippen LogP contribution in [0.5, 0.6) is 5.75 Å². The largest absolute Gasteiger partial charge is 0.495 e. The molecule has 0 spiro atoms. The Morgan fingerprint density at radius 1 is 1.17 bits per heavy atom. The Bertz CT molecular complexity index is 957. The maximum Gasteiger partial charge on any atom is 0.251 e. The molecule has 30 heavy (non-hydrogen) atoms. The first-order valence-electron chi connectivity index (χ1n) is 10.0. The zero-order chi connectivity index (χ0) is 21.6. The second-order valence-electron chi connectivity index (χ2n) is 7.28. The van der Waals surface area contributed by atoms with E-state index in [4.69, 9.17) is 9.47 Å². The normalized spacial score (nSPS) is 16.1. The fraction of sp³-hybridized carbons (Fsp3) is 0.409. The maximum atomic E-state index is 13.1. The molecule has 2 aromatic rings. The van der Waals surface area contributed by atoms with Crippen LogP contribution in [0.1, 0.15) is 29.3 Å². The summed E-state index contributed by atoms with van der Waals surface area (Å²) in [5, 5.41) is 2.95. The van der Waals surface area contributed by atoms with Gasteiger partial charge in [0.2, 0.25) is 10.0 Å². The molecule has 0 saturated carbocycles. The van der Waals surface area contributed by atoms with Crippen LogP contribution in [-0.2, 0) is 21.2 Å². The van der Waals surface area contributed by atoms with Crippen LogP contribution >= 0.6 is 0 Å². The highest BCUT2D eigenvalue weighted by atomic mass is 32.2. The summed E-state index contributed by atoms with van der Waals surface area (Å²) in [6, 6.07) is 14.5. The number of nitrogens with one attached hydrogen (secondary N) is 1. The number of carbonyl (C=O) groups excluding carboxylic acids is 1. The molecule has 162 valence electrons. The molecular weight excluding hydrogens is 404 g/mol. The zero-order valence-corrected chi connectivity index (χ0v) is 18.2. The molecule has 1 fully saturated rings. The summed E-state index contributed by atoms with van der Waals surface area (Å²) in [7, 11) is -2.37. The molecule has 1 saturated heterocycles. The van der Waals surface area contributed by atoms with Crippen molar-refractivity contribution in [2.45, 2.75) is 30.7 Å². The molecule has 1 N–H and O–H groups in total. The lowest BCUT2D eigenvalue weighted by Crippen LogP contribution is -2.40. The molecule has 3 rings (SSSR count). The van der Waals surface area contributed by atoms with Crippen LogP contribution in [0.2, 0.25) is 0 Å². The number of morpholine rings is 1. The SMILES string of the molecule is COc1ccc(C(=O)N[C@H](C)CCc2ccccc2)cc1S(=O)(=O)N1CCOCC1. The molecule has 7 nitrogen and oxygen atoms in total. The standard InChI is InChI=1S/C22H28N2O5S/c1-17(8-9-18-6-4-3-5-7-18)23-22(25)19-10-11-20(28-2)21(16-19)30(26,27)24-12-14-29-15-13-24/h3-7,10-11,16-17H,8-9,12-15H2,1-2H3,(H,23,25)/t17-/m1/s1. The van der Waals surface area contributed by atoms with Crippen molar-refractivity contribution in [2.75, 3.05) is 33.4 Å². The Labute approximate surface area is 178 Å². The van der Waals surface area contributed by atoms with Crippen LogP contribution in [-0.4, -0.2) is 58.1 Å². The van der Waals surface area contributed by atoms with Crippen LogP contribution in [0, 0.1) is 0 Å². The Balaban J connectivity index is 1.72. The first kappa shape index (κ1) is 22.3. The first-order chi connectivity index (χ1) is 14.4. The first-order valence-corrected chi connectivity index (χ1v) is 11.5. The molecule has 1 aliphatic rings. The molecule has 0 radical (unpaired) electrons. The van der Waals surface area contributed by atoms with E-state index in [0.29, 0.717) is 13.2 Å². The third kappa shape index (κ3) is 5.38. The second kappa shape index (κ2) is 10.1. The highest BCUT2D eigenvalue weighted by Crippen LogP contribution is 2.28. The average Bonchev–Trinajstić information content (AvgIpc) is 2.78. The van der Waals surface area contributed by atoms with Gasteiger partial charge in [0.1, 0.15) is 10.6 Å². The quantitative estimate of drug-likeness (QED) is 0.693. The highest BCUT2D eigenvalue weighted by molar-refractivity contribution is 7.89. The lowest BCUT2D eigenvalue weighted by atomic mass is 10.1. The van der Waals surface area contributed by atoms with Gasteiger partial charge in [0.05, 0.1) is 20.3 Å². The van der Waals surface area contributed by atoms with Gasteiger partial charge in [-0.2, -0.15) is 4.31 Å². The number of nitrogens with zero attached hydrogens (tertiary/aromatic N) is 1. The minimum atomic E-state index is -3.79. The van der Waals surface area contributed by atoms with Crippen molar-refractivity contribution >= 4 is 15.9 Å². The summed E-state index contributed by atoms with van der Waals surface area (Å²) < 4.78 is 38.0. The van der Waals surface area contributed by atoms with Crippen LogP contribution < -0.4 is 10.1 Å². The molecule has 0 unspecified atom stereocenters. The number of hydrogen-bond acceptors (Lipinski definition) is 5. The van der Waals surface area contributed by atoms with E-state index in [0.717, 1.165) is 12.8 Å². The second-order valence-corrected chi connectivity index (χ2v) is 9.19. The van der Waals surface area contributed by atoms with Crippen molar-refractivity contribution < 1.29 is 22.7 Å². The van der Waals surface area contributed by atoms with Crippen molar-refractivity contribution in [1.29, 1.82) is 0 Å². The average molecular weight is 433 g/mol. The van der Waals surface area contributed by atoms with Gasteiger partial charge in [0.15, 0.2) is 0 Å². The summed E-state index contributed by atoms with van der Waals surface area (Å²) >= 11 is 0. The summed E-state index contributed by atoms with van der Waals surface area (Å²) in [5.74, 6) is -0.0909. The Morgan fingerprint density at radius 3 is 2.53 bits per heavy atom. The van der Waals surface area contributed by atoms with Crippen molar-refractivity contribution in [1.82, 2.24) is 9.62 Å². The van der Waals surface area contributed by atoms with E-state index in [2.05, 4.69) is 17.4 Å². The van der Waals surface area contributed by atoms with Gasteiger partial charge in [-0.25, -0.2) is 8.42 Å². The van der Waals surface area contributed by atoms with Gasteiger partial charge in [-0.3, -0.25) is 4.79 Å². The summed E-state index contributed by atoms with van der Waals surface area (Å²) in [5.41, 5.74) is 1.50. The number of sulfonamides is 1. The van der Waals surface area contributed by atoms with Crippen LogP contribution in [0.3, 0.4) is 0 Å². The van der Waals surface area contributed by atoms with Crippen molar-refractivity contribution in [3.63, 3.8) is 0 Å². The number of benzene rings is 2. The van der Waals surface area contributed by atoms with Crippen LogP contribution in [0.25, 0.3) is 0 Å². The van der Waals surface area contributed by atoms with Gasteiger partial charge in [-0.1, -0.05) is 30.3 Å². The van der Waals surface area contributed by atoms with Crippen molar-refractivity contribution in [3.05, 3.63) is 59.7 Å². The van der Waals surface area contributed by atoms with E-state index < -0.39 is 10.0 Å². The fourth-order valence-electron chi connectivity index (χ4n) is 3.35. The topological polar surface area (TPSA) is 84.9 Å². The Hall–Kier alpha value is -2.42. The smallest absolute Gasteiger partial charge is 0.251 e. The number of carbonyl (C=O) groups is 1. The van der Waals surface area contributed by atoms with Gasteiger partial charge in [-0.05, 0) is 43.5 Å². The van der Waals surface area contributed by atoms with Crippen molar-refractivity contribution in [2.24, 2.45) is 0 Å². The molecular formula is C22H28N2O5S. The Kier molecular flexibility index (Phi) is 7.47. The number of ether oxygens (including phenoxy) is 2. The lowest BCUT2D eigenvalue weighted by molar-refractivity contribution is 0.0729. The molecule has 0 aliphatic carbocycles. The Morgan fingerprint density at radius 2 is 1.87 bits per heavy atom. The molecule has 1 heterocycles. The molecule has 1 aliphatic heterocycles. The van der Waals surface area contributed by atoms with E-state index in [1.54, 1.807) is 6.07 Å². The summed E-state index contributed by atoms with van der Waals surface area (Å²) in [4.78, 5) is 12.7. The molecule has 1 atom stereocenters. The monoisotopic (exact) mass is 432 g/mol. The summed E-state index contributed by atoms with van der Waals surface area (Å²) in [6.45, 7) is 3.19. The maximum absolute atomic E-state index is 13.1. The van der Waals surface area contributed by atoms with E-state index >= 15 is 0 Å². The van der Waals surface area contributed by atoms with Gasteiger partial charge >= 0.3 is 0 Å². The van der Waals surface area contributed by atoms with E-state index in [-0.39, 0.29) is 41.2 Å². The van der Waals surface area contributed by atoms with Crippen LogP contribution in [0.15, 0.2) is 53.4 Å².